The topological polar surface area (TPSA) is 12.4 Å². The number of hydrogen-bond acceptors (Lipinski definition) is 1. The lowest BCUT2D eigenvalue weighted by atomic mass is 9.73. The molecule has 0 aromatic carbocycles. The maximum Gasteiger partial charge on any atom is 0.154 e. The maximum absolute atomic E-state index is 13.1. The van der Waals surface area contributed by atoms with Gasteiger partial charge in [-0.2, -0.15) is 0 Å². The summed E-state index contributed by atoms with van der Waals surface area (Å²) in [5, 5.41) is 0. The molecule has 2 aliphatic rings. The van der Waals surface area contributed by atoms with E-state index in [4.69, 9.17) is 0 Å². The van der Waals surface area contributed by atoms with Crippen LogP contribution < -0.4 is 0 Å². The first kappa shape index (κ1) is 9.56. The van der Waals surface area contributed by atoms with Crippen LogP contribution in [-0.4, -0.2) is 12.8 Å². The first-order chi connectivity index (χ1) is 6.62. The average molecular weight is 197 g/mol. The third-order valence-corrected chi connectivity index (χ3v) is 3.17. The number of rotatable bonds is 1. The van der Waals surface area contributed by atoms with Crippen molar-refractivity contribution in [2.24, 2.45) is 16.3 Å². The number of aliphatic imine (C=N–C) groups is 1. The summed E-state index contributed by atoms with van der Waals surface area (Å²) in [5.41, 5.74) is -0.0193. The lowest BCUT2D eigenvalue weighted by Gasteiger charge is -2.31. The van der Waals surface area contributed by atoms with Crippen LogP contribution in [0.3, 0.4) is 0 Å². The Balaban J connectivity index is 2.13. The predicted octanol–water partition coefficient (Wildman–Crippen LogP) is 3.19. The highest BCUT2D eigenvalue weighted by molar-refractivity contribution is 5.61. The molecule has 0 N–H and O–H groups in total. The van der Waals surface area contributed by atoms with Gasteiger partial charge in [-0.05, 0) is 30.0 Å². The SMILES string of the molecule is CC1(C2C=CC(F)=C(F)C2)CC=NC1. The Morgan fingerprint density at radius 2 is 2.29 bits per heavy atom. The Morgan fingerprint density at radius 1 is 1.50 bits per heavy atom. The lowest BCUT2D eigenvalue weighted by Crippen LogP contribution is -2.28. The van der Waals surface area contributed by atoms with Crippen molar-refractivity contribution in [1.29, 1.82) is 0 Å². The van der Waals surface area contributed by atoms with E-state index in [0.717, 1.165) is 13.0 Å². The van der Waals surface area contributed by atoms with E-state index < -0.39 is 11.7 Å². The van der Waals surface area contributed by atoms with Gasteiger partial charge in [0, 0.05) is 13.0 Å². The van der Waals surface area contributed by atoms with Crippen molar-refractivity contribution in [3.8, 4) is 0 Å². The van der Waals surface area contributed by atoms with E-state index in [1.807, 2.05) is 6.21 Å². The van der Waals surface area contributed by atoms with Gasteiger partial charge in [0.25, 0.3) is 0 Å². The Labute approximate surface area is 82.2 Å². The van der Waals surface area contributed by atoms with Crippen LogP contribution in [0.15, 0.2) is 28.8 Å². The largest absolute Gasteiger partial charge is 0.297 e. The van der Waals surface area contributed by atoms with Crippen molar-refractivity contribution in [3.05, 3.63) is 23.8 Å². The Hall–Kier alpha value is -0.990. The fourth-order valence-corrected chi connectivity index (χ4v) is 2.01. The molecule has 0 saturated heterocycles. The molecule has 0 amide bonds. The van der Waals surface area contributed by atoms with Crippen LogP contribution in [0.1, 0.15) is 19.8 Å². The third-order valence-electron chi connectivity index (χ3n) is 3.17. The summed E-state index contributed by atoms with van der Waals surface area (Å²) in [6, 6.07) is 0. The molecule has 76 valence electrons. The highest BCUT2D eigenvalue weighted by Gasteiger charge is 2.36. The number of halogens is 2. The van der Waals surface area contributed by atoms with Gasteiger partial charge in [-0.3, -0.25) is 4.99 Å². The summed E-state index contributed by atoms with van der Waals surface area (Å²) in [4.78, 5) is 4.16. The van der Waals surface area contributed by atoms with E-state index >= 15 is 0 Å². The predicted molar refractivity (Wildman–Crippen MR) is 52.6 cm³/mol. The van der Waals surface area contributed by atoms with Crippen LogP contribution in [0.2, 0.25) is 0 Å². The smallest absolute Gasteiger partial charge is 0.154 e. The van der Waals surface area contributed by atoms with Crippen LogP contribution in [0.25, 0.3) is 0 Å². The average Bonchev–Trinajstić information content (AvgIpc) is 2.58. The highest BCUT2D eigenvalue weighted by atomic mass is 19.2. The van der Waals surface area contributed by atoms with Gasteiger partial charge in [-0.15, -0.1) is 0 Å². The van der Waals surface area contributed by atoms with Crippen molar-refractivity contribution < 1.29 is 8.78 Å². The molecule has 3 heteroatoms. The van der Waals surface area contributed by atoms with E-state index in [1.165, 1.54) is 6.08 Å². The van der Waals surface area contributed by atoms with Crippen molar-refractivity contribution in [1.82, 2.24) is 0 Å². The normalized spacial score (nSPS) is 36.9. The van der Waals surface area contributed by atoms with Crippen molar-refractivity contribution in [2.45, 2.75) is 19.8 Å². The number of nitrogens with zero attached hydrogens (tertiary/aromatic N) is 1. The first-order valence-electron chi connectivity index (χ1n) is 4.82. The zero-order valence-corrected chi connectivity index (χ0v) is 8.13. The molecule has 0 spiro atoms. The van der Waals surface area contributed by atoms with Gasteiger partial charge in [0.15, 0.2) is 5.83 Å². The molecule has 0 aromatic heterocycles. The Morgan fingerprint density at radius 3 is 2.86 bits per heavy atom. The minimum absolute atomic E-state index is 0.0193. The lowest BCUT2D eigenvalue weighted by molar-refractivity contribution is 0.247. The van der Waals surface area contributed by atoms with E-state index in [1.54, 1.807) is 6.08 Å². The second-order valence-corrected chi connectivity index (χ2v) is 4.30. The van der Waals surface area contributed by atoms with Gasteiger partial charge in [-0.1, -0.05) is 13.0 Å². The molecule has 1 aliphatic heterocycles. The van der Waals surface area contributed by atoms with Gasteiger partial charge in [0.05, 0.1) is 0 Å². The van der Waals surface area contributed by atoms with E-state index in [-0.39, 0.29) is 17.8 Å². The molecule has 2 atom stereocenters. The molecule has 0 radical (unpaired) electrons. The molecular weight excluding hydrogens is 184 g/mol. The van der Waals surface area contributed by atoms with E-state index in [0.29, 0.717) is 0 Å². The molecule has 0 aromatic rings. The second-order valence-electron chi connectivity index (χ2n) is 4.30. The van der Waals surface area contributed by atoms with Gasteiger partial charge < -0.3 is 0 Å². The molecule has 14 heavy (non-hydrogen) atoms. The maximum atomic E-state index is 13.1. The molecule has 2 unspecified atom stereocenters. The minimum atomic E-state index is -0.719. The Bertz CT molecular complexity index is 320. The zero-order valence-electron chi connectivity index (χ0n) is 8.13. The Kier molecular flexibility index (Phi) is 2.25. The monoisotopic (exact) mass is 197 g/mol. The minimum Gasteiger partial charge on any atom is -0.297 e. The van der Waals surface area contributed by atoms with Crippen LogP contribution >= 0.6 is 0 Å². The summed E-state index contributed by atoms with van der Waals surface area (Å²) in [7, 11) is 0. The van der Waals surface area contributed by atoms with Crippen LogP contribution in [0, 0.1) is 11.3 Å². The van der Waals surface area contributed by atoms with Gasteiger partial charge in [0.1, 0.15) is 5.83 Å². The molecule has 1 nitrogen and oxygen atoms in total. The number of hydrogen-bond donors (Lipinski definition) is 0. The summed E-state index contributed by atoms with van der Waals surface area (Å²) in [6.45, 7) is 2.79. The molecular formula is C11H13F2N. The summed E-state index contributed by atoms with van der Waals surface area (Å²) in [6.07, 6.45) is 5.93. The quantitative estimate of drug-likeness (QED) is 0.612. The third kappa shape index (κ3) is 1.51. The van der Waals surface area contributed by atoms with Crippen LogP contribution in [-0.2, 0) is 0 Å². The zero-order chi connectivity index (χ0) is 10.2. The van der Waals surface area contributed by atoms with Crippen molar-refractivity contribution in [2.75, 3.05) is 6.54 Å². The van der Waals surface area contributed by atoms with Crippen molar-refractivity contribution >= 4 is 6.21 Å². The molecule has 2 rings (SSSR count). The molecule has 1 heterocycles. The second kappa shape index (κ2) is 3.30. The van der Waals surface area contributed by atoms with Crippen molar-refractivity contribution in [3.63, 3.8) is 0 Å². The summed E-state index contributed by atoms with van der Waals surface area (Å²) >= 11 is 0. The molecule has 1 aliphatic carbocycles. The van der Waals surface area contributed by atoms with Gasteiger partial charge in [-0.25, -0.2) is 8.78 Å². The molecule has 0 saturated carbocycles. The van der Waals surface area contributed by atoms with Gasteiger partial charge >= 0.3 is 0 Å². The molecule has 0 fully saturated rings. The fraction of sp³-hybridized carbons (Fsp3) is 0.545. The fourth-order valence-electron chi connectivity index (χ4n) is 2.01. The van der Waals surface area contributed by atoms with Gasteiger partial charge in [0.2, 0.25) is 0 Å². The molecule has 0 bridgehead atoms. The van der Waals surface area contributed by atoms with E-state index in [2.05, 4.69) is 11.9 Å². The summed E-state index contributed by atoms with van der Waals surface area (Å²) < 4.78 is 25.8. The van der Waals surface area contributed by atoms with Crippen LogP contribution in [0.5, 0.6) is 0 Å². The van der Waals surface area contributed by atoms with E-state index in [9.17, 15) is 8.78 Å². The standard InChI is InChI=1S/C11H13F2N/c1-11(4-5-14-7-11)8-2-3-9(12)10(13)6-8/h2-3,5,8H,4,6-7H2,1H3. The highest BCUT2D eigenvalue weighted by Crippen LogP contribution is 2.41. The first-order valence-corrected chi connectivity index (χ1v) is 4.82. The number of allylic oxidation sites excluding steroid dienone is 4. The summed E-state index contributed by atoms with van der Waals surface area (Å²) in [5.74, 6) is -1.26. The van der Waals surface area contributed by atoms with Crippen LogP contribution in [0.4, 0.5) is 8.78 Å².